The number of carbonyl (C=O) groups is 1. The van der Waals surface area contributed by atoms with Gasteiger partial charge in [0.2, 0.25) is 0 Å². The highest BCUT2D eigenvalue weighted by Crippen LogP contribution is 2.32. The molecule has 4 nitrogen and oxygen atoms in total. The number of aryl methyl sites for hydroxylation is 1. The fourth-order valence-electron chi connectivity index (χ4n) is 2.06. The highest BCUT2D eigenvalue weighted by molar-refractivity contribution is 7.10. The second kappa shape index (κ2) is 7.13. The minimum Gasteiger partial charge on any atom is -0.495 e. The molecule has 1 N–H and O–H groups in total. The van der Waals surface area contributed by atoms with E-state index in [4.69, 9.17) is 9.47 Å². The molecule has 0 spiro atoms. The Labute approximate surface area is 128 Å². The molecular weight excluding hydrogens is 286 g/mol. The Balaban J connectivity index is 2.32. The van der Waals surface area contributed by atoms with Crippen LogP contribution in [0.5, 0.6) is 5.75 Å². The van der Waals surface area contributed by atoms with Crippen molar-refractivity contribution in [3.05, 3.63) is 46.2 Å². The normalized spacial score (nSPS) is 11.8. The molecule has 21 heavy (non-hydrogen) atoms. The van der Waals surface area contributed by atoms with Gasteiger partial charge in [0.15, 0.2) is 6.04 Å². The summed E-state index contributed by atoms with van der Waals surface area (Å²) in [6.07, 6.45) is 0. The van der Waals surface area contributed by atoms with Crippen molar-refractivity contribution >= 4 is 23.0 Å². The molecule has 0 saturated heterocycles. The zero-order chi connectivity index (χ0) is 15.2. The molecule has 0 radical (unpaired) electrons. The van der Waals surface area contributed by atoms with Crippen LogP contribution in [0.3, 0.4) is 0 Å². The summed E-state index contributed by atoms with van der Waals surface area (Å²) < 4.78 is 10.5. The SMILES string of the molecule is CCOC(=O)C(Nc1ccccc1OC)c1sccc1C. The largest absolute Gasteiger partial charge is 0.495 e. The summed E-state index contributed by atoms with van der Waals surface area (Å²) in [5.41, 5.74) is 1.84. The number of thiophene rings is 1. The van der Waals surface area contributed by atoms with Crippen molar-refractivity contribution in [1.82, 2.24) is 0 Å². The van der Waals surface area contributed by atoms with Gasteiger partial charge in [-0.15, -0.1) is 11.3 Å². The zero-order valence-electron chi connectivity index (χ0n) is 12.4. The van der Waals surface area contributed by atoms with Gasteiger partial charge in [-0.25, -0.2) is 4.79 Å². The van der Waals surface area contributed by atoms with E-state index in [0.717, 1.165) is 16.1 Å². The second-order valence-corrected chi connectivity index (χ2v) is 5.45. The number of carbonyl (C=O) groups excluding carboxylic acids is 1. The van der Waals surface area contributed by atoms with Crippen LogP contribution in [0, 0.1) is 6.92 Å². The number of hydrogen-bond donors (Lipinski definition) is 1. The van der Waals surface area contributed by atoms with Crippen LogP contribution in [-0.2, 0) is 9.53 Å². The first-order chi connectivity index (χ1) is 10.2. The minimum absolute atomic E-state index is 0.283. The van der Waals surface area contributed by atoms with E-state index in [0.29, 0.717) is 12.4 Å². The Morgan fingerprint density at radius 2 is 2.10 bits per heavy atom. The van der Waals surface area contributed by atoms with Gasteiger partial charge >= 0.3 is 5.97 Å². The Hall–Kier alpha value is -2.01. The molecule has 1 heterocycles. The minimum atomic E-state index is -0.527. The van der Waals surface area contributed by atoms with Crippen LogP contribution in [0.4, 0.5) is 5.69 Å². The van der Waals surface area contributed by atoms with Gasteiger partial charge in [-0.2, -0.15) is 0 Å². The smallest absolute Gasteiger partial charge is 0.334 e. The quantitative estimate of drug-likeness (QED) is 0.825. The Bertz CT molecular complexity index is 609. The fraction of sp³-hybridized carbons (Fsp3) is 0.312. The van der Waals surface area contributed by atoms with Crippen molar-refractivity contribution in [2.45, 2.75) is 19.9 Å². The lowest BCUT2D eigenvalue weighted by molar-refractivity contribution is -0.144. The van der Waals surface area contributed by atoms with E-state index < -0.39 is 6.04 Å². The topological polar surface area (TPSA) is 47.6 Å². The number of nitrogens with one attached hydrogen (secondary N) is 1. The van der Waals surface area contributed by atoms with Gasteiger partial charge in [-0.05, 0) is 43.0 Å². The van der Waals surface area contributed by atoms with E-state index in [1.165, 1.54) is 0 Å². The van der Waals surface area contributed by atoms with Crippen LogP contribution < -0.4 is 10.1 Å². The molecule has 5 heteroatoms. The Morgan fingerprint density at radius 1 is 1.33 bits per heavy atom. The summed E-state index contributed by atoms with van der Waals surface area (Å²) in [5, 5.41) is 5.21. The molecule has 0 fully saturated rings. The standard InChI is InChI=1S/C16H19NO3S/c1-4-20-16(18)14(15-11(2)9-10-21-15)17-12-7-5-6-8-13(12)19-3/h5-10,14,17H,4H2,1-3H3. The van der Waals surface area contributed by atoms with E-state index in [1.807, 2.05) is 42.6 Å². The van der Waals surface area contributed by atoms with Gasteiger partial charge in [0, 0.05) is 4.88 Å². The molecule has 1 aromatic heterocycles. The lowest BCUT2D eigenvalue weighted by Gasteiger charge is -2.19. The third kappa shape index (κ3) is 3.55. The van der Waals surface area contributed by atoms with Gasteiger partial charge in [0.25, 0.3) is 0 Å². The average Bonchev–Trinajstić information content (AvgIpc) is 2.91. The van der Waals surface area contributed by atoms with Crippen LogP contribution in [0.15, 0.2) is 35.7 Å². The summed E-state index contributed by atoms with van der Waals surface area (Å²) in [6.45, 7) is 4.15. The second-order valence-electron chi connectivity index (χ2n) is 4.50. The lowest BCUT2D eigenvalue weighted by atomic mass is 10.1. The number of hydrogen-bond acceptors (Lipinski definition) is 5. The Kier molecular flexibility index (Phi) is 5.22. The first-order valence-corrected chi connectivity index (χ1v) is 7.65. The molecule has 2 rings (SSSR count). The Morgan fingerprint density at radius 3 is 2.71 bits per heavy atom. The van der Waals surface area contributed by atoms with Crippen molar-refractivity contribution in [3.63, 3.8) is 0 Å². The molecule has 0 amide bonds. The number of ether oxygens (including phenoxy) is 2. The van der Waals surface area contributed by atoms with Crippen LogP contribution >= 0.6 is 11.3 Å². The lowest BCUT2D eigenvalue weighted by Crippen LogP contribution is -2.23. The van der Waals surface area contributed by atoms with Gasteiger partial charge in [-0.3, -0.25) is 0 Å². The van der Waals surface area contributed by atoms with Crippen molar-refractivity contribution in [2.24, 2.45) is 0 Å². The molecular formula is C16H19NO3S. The molecule has 0 aliphatic heterocycles. The molecule has 0 aliphatic carbocycles. The number of benzene rings is 1. The van der Waals surface area contributed by atoms with Gasteiger partial charge in [0.05, 0.1) is 19.4 Å². The highest BCUT2D eigenvalue weighted by Gasteiger charge is 2.25. The highest BCUT2D eigenvalue weighted by atomic mass is 32.1. The van der Waals surface area contributed by atoms with E-state index >= 15 is 0 Å². The third-order valence-corrected chi connectivity index (χ3v) is 4.18. The summed E-state index contributed by atoms with van der Waals surface area (Å²) >= 11 is 1.54. The monoisotopic (exact) mass is 305 g/mol. The molecule has 2 aromatic rings. The number of esters is 1. The molecule has 1 aromatic carbocycles. The van der Waals surface area contributed by atoms with Crippen molar-refractivity contribution in [1.29, 1.82) is 0 Å². The van der Waals surface area contributed by atoms with Crippen LogP contribution in [0.1, 0.15) is 23.4 Å². The first-order valence-electron chi connectivity index (χ1n) is 6.77. The molecule has 1 atom stereocenters. The summed E-state index contributed by atoms with van der Waals surface area (Å²) in [7, 11) is 1.61. The van der Waals surface area contributed by atoms with Crippen molar-refractivity contribution in [2.75, 3.05) is 19.0 Å². The molecule has 0 bridgehead atoms. The molecule has 0 aliphatic rings. The summed E-state index contributed by atoms with van der Waals surface area (Å²) in [4.78, 5) is 13.2. The predicted octanol–water partition coefficient (Wildman–Crippen LogP) is 3.78. The molecule has 1 unspecified atom stereocenters. The van der Waals surface area contributed by atoms with Crippen LogP contribution in [0.25, 0.3) is 0 Å². The van der Waals surface area contributed by atoms with Crippen LogP contribution in [-0.4, -0.2) is 19.7 Å². The zero-order valence-corrected chi connectivity index (χ0v) is 13.2. The van der Waals surface area contributed by atoms with Gasteiger partial charge in [-0.1, -0.05) is 12.1 Å². The van der Waals surface area contributed by atoms with Gasteiger partial charge < -0.3 is 14.8 Å². The van der Waals surface area contributed by atoms with E-state index in [2.05, 4.69) is 5.32 Å². The van der Waals surface area contributed by atoms with Crippen molar-refractivity contribution in [3.8, 4) is 5.75 Å². The fourth-order valence-corrected chi connectivity index (χ4v) is 3.02. The number of para-hydroxylation sites is 2. The summed E-state index contributed by atoms with van der Waals surface area (Å²) in [6, 6.07) is 8.99. The molecule has 112 valence electrons. The predicted molar refractivity (Wildman–Crippen MR) is 85.0 cm³/mol. The third-order valence-electron chi connectivity index (χ3n) is 3.09. The molecule has 0 saturated carbocycles. The van der Waals surface area contributed by atoms with E-state index in [-0.39, 0.29) is 5.97 Å². The number of rotatable bonds is 6. The van der Waals surface area contributed by atoms with E-state index in [1.54, 1.807) is 25.4 Å². The maximum Gasteiger partial charge on any atom is 0.334 e. The van der Waals surface area contributed by atoms with Crippen molar-refractivity contribution < 1.29 is 14.3 Å². The first kappa shape index (κ1) is 15.4. The maximum absolute atomic E-state index is 12.3. The number of anilines is 1. The maximum atomic E-state index is 12.3. The van der Waals surface area contributed by atoms with Gasteiger partial charge in [0.1, 0.15) is 5.75 Å². The van der Waals surface area contributed by atoms with E-state index in [9.17, 15) is 4.79 Å². The summed E-state index contributed by atoms with van der Waals surface area (Å²) in [5.74, 6) is 0.412. The van der Waals surface area contributed by atoms with Crippen LogP contribution in [0.2, 0.25) is 0 Å². The average molecular weight is 305 g/mol. The number of methoxy groups -OCH3 is 1.